The monoisotopic (exact) mass is 444 g/mol. The van der Waals surface area contributed by atoms with Crippen molar-refractivity contribution in [2.45, 2.75) is 31.9 Å². The van der Waals surface area contributed by atoms with Crippen molar-refractivity contribution in [1.29, 1.82) is 0 Å². The van der Waals surface area contributed by atoms with Crippen LogP contribution in [0.1, 0.15) is 29.8 Å². The van der Waals surface area contributed by atoms with Gasteiger partial charge < -0.3 is 10.1 Å². The van der Waals surface area contributed by atoms with Crippen molar-refractivity contribution in [1.82, 2.24) is 10.2 Å². The van der Waals surface area contributed by atoms with Crippen LogP contribution < -0.4 is 5.32 Å². The summed E-state index contributed by atoms with van der Waals surface area (Å²) in [6.07, 6.45) is 1.03. The van der Waals surface area contributed by atoms with E-state index in [2.05, 4.69) is 10.2 Å². The highest BCUT2D eigenvalue weighted by molar-refractivity contribution is 7.10. The molecule has 2 unspecified atom stereocenters. The van der Waals surface area contributed by atoms with E-state index in [0.717, 1.165) is 4.88 Å². The van der Waals surface area contributed by atoms with Crippen LogP contribution in [0.4, 0.5) is 4.39 Å². The average Bonchev–Trinajstić information content (AvgIpc) is 3.07. The van der Waals surface area contributed by atoms with Crippen molar-refractivity contribution in [2.24, 2.45) is 0 Å². The molecule has 1 N–H and O–H groups in total. The minimum atomic E-state index is -0.362. The number of hydrogen-bond donors (Lipinski definition) is 1. The second-order valence-electron chi connectivity index (χ2n) is 6.86. The van der Waals surface area contributed by atoms with Gasteiger partial charge in [0.2, 0.25) is 5.91 Å². The number of hydrogen-bond acceptors (Lipinski definition) is 4. The first kappa shape index (κ1) is 21.5. The minimum Gasteiger partial charge on any atom is -0.376 e. The highest BCUT2D eigenvalue weighted by atomic mass is 35.5. The van der Waals surface area contributed by atoms with Gasteiger partial charge in [-0.1, -0.05) is 29.3 Å². The first-order valence-corrected chi connectivity index (χ1v) is 10.9. The fraction of sp³-hybridized carbons (Fsp3) is 0.450. The number of thiophene rings is 1. The number of aryl methyl sites for hydroxylation is 1. The lowest BCUT2D eigenvalue weighted by molar-refractivity contribution is -0.121. The van der Waals surface area contributed by atoms with E-state index in [1.165, 1.54) is 17.4 Å². The molecule has 1 amide bonds. The summed E-state index contributed by atoms with van der Waals surface area (Å²) in [6, 6.07) is 6.20. The normalized spacial score (nSPS) is 18.8. The first-order valence-electron chi connectivity index (χ1n) is 9.23. The van der Waals surface area contributed by atoms with Gasteiger partial charge in [-0.25, -0.2) is 4.39 Å². The number of rotatable bonds is 7. The standard InChI is InChI=1S/C20H23Cl2FN2O2S/c1-13-11-25(7-8-27-13)18(20-16(22)3-2-4-17(20)23)10-24-19(26)6-5-15-9-14(21)12-28-15/h2-4,9,12-13,18H,5-8,10-11H2,1H3,(H,24,26). The van der Waals surface area contributed by atoms with Crippen LogP contribution in [0.15, 0.2) is 29.6 Å². The van der Waals surface area contributed by atoms with Gasteiger partial charge in [-0.05, 0) is 31.5 Å². The SMILES string of the molecule is CC1CN(C(CNC(=O)CCc2cc(Cl)cs2)c2c(F)cccc2Cl)CCO1. The molecule has 2 aromatic rings. The summed E-state index contributed by atoms with van der Waals surface area (Å²) in [5.41, 5.74) is 0.420. The molecule has 4 nitrogen and oxygen atoms in total. The molecule has 0 spiro atoms. The Kier molecular flexibility index (Phi) is 7.71. The molecule has 152 valence electrons. The summed E-state index contributed by atoms with van der Waals surface area (Å²) in [7, 11) is 0. The summed E-state index contributed by atoms with van der Waals surface area (Å²) in [5, 5.41) is 5.86. The molecule has 1 aliphatic heterocycles. The van der Waals surface area contributed by atoms with Crippen LogP contribution in [-0.2, 0) is 16.0 Å². The highest BCUT2D eigenvalue weighted by Crippen LogP contribution is 2.31. The Bertz CT molecular complexity index is 797. The number of amides is 1. The van der Waals surface area contributed by atoms with Crippen molar-refractivity contribution >= 4 is 40.4 Å². The zero-order valence-electron chi connectivity index (χ0n) is 15.6. The molecule has 1 aliphatic rings. The number of benzene rings is 1. The molecule has 2 heterocycles. The zero-order chi connectivity index (χ0) is 20.1. The van der Waals surface area contributed by atoms with Gasteiger partial charge in [-0.3, -0.25) is 9.69 Å². The van der Waals surface area contributed by atoms with Crippen LogP contribution in [-0.4, -0.2) is 43.2 Å². The van der Waals surface area contributed by atoms with Crippen LogP contribution >= 0.6 is 34.5 Å². The second kappa shape index (κ2) is 10.0. The molecule has 1 fully saturated rings. The maximum atomic E-state index is 14.6. The van der Waals surface area contributed by atoms with E-state index in [1.54, 1.807) is 12.1 Å². The van der Waals surface area contributed by atoms with Crippen LogP contribution in [0.5, 0.6) is 0 Å². The summed E-state index contributed by atoms with van der Waals surface area (Å²) in [6.45, 7) is 4.15. The Balaban J connectivity index is 1.67. The number of nitrogens with one attached hydrogen (secondary N) is 1. The quantitative estimate of drug-likeness (QED) is 0.672. The van der Waals surface area contributed by atoms with Crippen molar-refractivity contribution in [2.75, 3.05) is 26.2 Å². The van der Waals surface area contributed by atoms with Crippen LogP contribution in [0.25, 0.3) is 0 Å². The van der Waals surface area contributed by atoms with Gasteiger partial charge in [0.15, 0.2) is 0 Å². The molecule has 28 heavy (non-hydrogen) atoms. The van der Waals surface area contributed by atoms with Crippen LogP contribution in [0, 0.1) is 5.82 Å². The summed E-state index contributed by atoms with van der Waals surface area (Å²) < 4.78 is 20.2. The maximum Gasteiger partial charge on any atom is 0.220 e. The van der Waals surface area contributed by atoms with Crippen molar-refractivity contribution in [3.63, 3.8) is 0 Å². The van der Waals surface area contributed by atoms with Crippen LogP contribution in [0.2, 0.25) is 10.0 Å². The van der Waals surface area contributed by atoms with Gasteiger partial charge in [-0.2, -0.15) is 0 Å². The Hall–Kier alpha value is -1.18. The number of ether oxygens (including phenoxy) is 1. The predicted molar refractivity (Wildman–Crippen MR) is 112 cm³/mol. The van der Waals surface area contributed by atoms with Gasteiger partial charge in [0.25, 0.3) is 0 Å². The molecule has 1 saturated heterocycles. The number of halogens is 3. The largest absolute Gasteiger partial charge is 0.376 e. The van der Waals surface area contributed by atoms with Gasteiger partial charge in [-0.15, -0.1) is 11.3 Å². The smallest absolute Gasteiger partial charge is 0.220 e. The topological polar surface area (TPSA) is 41.6 Å². The number of carbonyl (C=O) groups is 1. The van der Waals surface area contributed by atoms with Crippen molar-refractivity contribution in [3.8, 4) is 0 Å². The Labute approximate surface area is 178 Å². The second-order valence-corrected chi connectivity index (χ2v) is 8.70. The zero-order valence-corrected chi connectivity index (χ0v) is 17.9. The van der Waals surface area contributed by atoms with Gasteiger partial charge in [0, 0.05) is 46.9 Å². The fourth-order valence-electron chi connectivity index (χ4n) is 3.39. The van der Waals surface area contributed by atoms with E-state index in [4.69, 9.17) is 27.9 Å². The van der Waals surface area contributed by atoms with E-state index in [-0.39, 0.29) is 30.4 Å². The summed E-state index contributed by atoms with van der Waals surface area (Å²) in [4.78, 5) is 15.6. The molecule has 0 saturated carbocycles. The third kappa shape index (κ3) is 5.67. The third-order valence-electron chi connectivity index (χ3n) is 4.76. The van der Waals surface area contributed by atoms with Crippen molar-refractivity contribution < 1.29 is 13.9 Å². The minimum absolute atomic E-state index is 0.0427. The van der Waals surface area contributed by atoms with Crippen LogP contribution in [0.3, 0.4) is 0 Å². The Morgan fingerprint density at radius 2 is 2.29 bits per heavy atom. The first-order chi connectivity index (χ1) is 13.4. The third-order valence-corrected chi connectivity index (χ3v) is 6.43. The lowest BCUT2D eigenvalue weighted by atomic mass is 10.0. The summed E-state index contributed by atoms with van der Waals surface area (Å²) in [5.74, 6) is -0.442. The molecule has 8 heteroatoms. The predicted octanol–water partition coefficient (Wildman–Crippen LogP) is 4.70. The lowest BCUT2D eigenvalue weighted by Crippen LogP contribution is -2.47. The average molecular weight is 445 g/mol. The molecule has 1 aromatic carbocycles. The van der Waals surface area contributed by atoms with Gasteiger partial charge >= 0.3 is 0 Å². The molecule has 3 rings (SSSR count). The molecular weight excluding hydrogens is 422 g/mol. The molecule has 0 radical (unpaired) electrons. The number of carbonyl (C=O) groups excluding carboxylic acids is 1. The van der Waals surface area contributed by atoms with E-state index in [9.17, 15) is 9.18 Å². The molecule has 0 aliphatic carbocycles. The Morgan fingerprint density at radius 3 is 2.96 bits per heavy atom. The van der Waals surface area contributed by atoms with Gasteiger partial charge in [0.1, 0.15) is 5.82 Å². The van der Waals surface area contributed by atoms with E-state index in [0.29, 0.717) is 48.1 Å². The fourth-order valence-corrected chi connectivity index (χ4v) is 4.76. The number of morpholine rings is 1. The summed E-state index contributed by atoms with van der Waals surface area (Å²) >= 11 is 13.8. The van der Waals surface area contributed by atoms with E-state index in [1.807, 2.05) is 18.4 Å². The lowest BCUT2D eigenvalue weighted by Gasteiger charge is -2.38. The molecular formula is C20H23Cl2FN2O2S. The maximum absolute atomic E-state index is 14.6. The van der Waals surface area contributed by atoms with Gasteiger partial charge in [0.05, 0.1) is 23.8 Å². The van der Waals surface area contributed by atoms with E-state index < -0.39 is 0 Å². The van der Waals surface area contributed by atoms with Crippen molar-refractivity contribution in [3.05, 3.63) is 55.9 Å². The molecule has 1 aromatic heterocycles. The molecule has 0 bridgehead atoms. The highest BCUT2D eigenvalue weighted by Gasteiger charge is 2.29. The Morgan fingerprint density at radius 1 is 1.46 bits per heavy atom. The number of nitrogens with zero attached hydrogens (tertiary/aromatic N) is 1. The molecule has 2 atom stereocenters. The van der Waals surface area contributed by atoms with E-state index >= 15 is 0 Å².